The molecule has 1 N–H and O–H groups in total. The summed E-state index contributed by atoms with van der Waals surface area (Å²) in [4.78, 5) is 38.2. The Morgan fingerprint density at radius 1 is 1.07 bits per heavy atom. The number of urea groups is 1. The first-order chi connectivity index (χ1) is 21.0. The van der Waals surface area contributed by atoms with Crippen LogP contribution in [0.4, 0.5) is 18.0 Å². The molecule has 2 aliphatic heterocycles. The molecular weight excluding hydrogens is 569 g/mol. The Balaban J connectivity index is 1.26. The third-order valence-electron chi connectivity index (χ3n) is 9.77. The number of benzene rings is 1. The van der Waals surface area contributed by atoms with Gasteiger partial charge in [0.15, 0.2) is 0 Å². The Bertz CT molecular complexity index is 1600. The summed E-state index contributed by atoms with van der Waals surface area (Å²) in [6.45, 7) is 8.21. The second-order valence-corrected chi connectivity index (χ2v) is 13.0. The van der Waals surface area contributed by atoms with Crippen molar-refractivity contribution in [3.63, 3.8) is 0 Å². The summed E-state index contributed by atoms with van der Waals surface area (Å²) in [5.41, 5.74) is 1.16. The summed E-state index contributed by atoms with van der Waals surface area (Å²) in [6, 6.07) is 5.82. The van der Waals surface area contributed by atoms with E-state index in [0.717, 1.165) is 44.2 Å². The van der Waals surface area contributed by atoms with Gasteiger partial charge in [-0.25, -0.2) is 22.9 Å². The van der Waals surface area contributed by atoms with Gasteiger partial charge in [-0.05, 0) is 62.9 Å². The van der Waals surface area contributed by atoms with E-state index in [4.69, 9.17) is 0 Å². The molecule has 2 amide bonds. The summed E-state index contributed by atoms with van der Waals surface area (Å²) in [5, 5.41) is 3.52. The fourth-order valence-electron chi connectivity index (χ4n) is 7.63. The van der Waals surface area contributed by atoms with Crippen LogP contribution >= 0.6 is 0 Å². The molecule has 0 bridgehead atoms. The van der Waals surface area contributed by atoms with Crippen LogP contribution in [-0.4, -0.2) is 73.9 Å². The molecule has 2 atom stereocenters. The van der Waals surface area contributed by atoms with Crippen LogP contribution in [0.25, 0.3) is 5.65 Å². The second-order valence-electron chi connectivity index (χ2n) is 13.0. The molecule has 44 heavy (non-hydrogen) atoms. The fourth-order valence-corrected chi connectivity index (χ4v) is 7.63. The van der Waals surface area contributed by atoms with Crippen molar-refractivity contribution in [2.45, 2.75) is 89.5 Å². The van der Waals surface area contributed by atoms with Gasteiger partial charge in [0.2, 0.25) is 0 Å². The number of hydrogen-bond donors (Lipinski definition) is 1. The lowest BCUT2D eigenvalue weighted by Crippen LogP contribution is -2.64. The first-order valence-corrected chi connectivity index (χ1v) is 15.7. The SMILES string of the molecule is Cc1nc2ccc(F)cn2c(=O)c1CN1CCN(C(=O)N2CC[C@@H](NC(C)C)C[C@H]2c2cc(F)ccc2F)CC12CCCC2. The van der Waals surface area contributed by atoms with Gasteiger partial charge in [0.05, 0.1) is 11.6 Å². The molecule has 1 saturated carbocycles. The number of pyridine rings is 1. The van der Waals surface area contributed by atoms with Crippen LogP contribution in [0.3, 0.4) is 0 Å². The molecule has 3 aliphatic rings. The topological polar surface area (TPSA) is 73.2 Å². The molecule has 1 aliphatic carbocycles. The smallest absolute Gasteiger partial charge is 0.320 e. The molecular formula is C33H41F3N6O2. The van der Waals surface area contributed by atoms with Crippen molar-refractivity contribution in [1.29, 1.82) is 0 Å². The van der Waals surface area contributed by atoms with Gasteiger partial charge < -0.3 is 15.1 Å². The van der Waals surface area contributed by atoms with E-state index >= 15 is 4.39 Å². The zero-order chi connectivity index (χ0) is 31.2. The Morgan fingerprint density at radius 2 is 1.82 bits per heavy atom. The number of carbonyl (C=O) groups excluding carboxylic acids is 1. The first kappa shape index (κ1) is 30.6. The summed E-state index contributed by atoms with van der Waals surface area (Å²) in [5.74, 6) is -1.54. The van der Waals surface area contributed by atoms with Crippen molar-refractivity contribution >= 4 is 11.7 Å². The number of halogens is 3. The predicted octanol–water partition coefficient (Wildman–Crippen LogP) is 5.17. The van der Waals surface area contributed by atoms with Gasteiger partial charge in [-0.15, -0.1) is 0 Å². The fraction of sp³-hybridized carbons (Fsp3) is 0.545. The molecule has 236 valence electrons. The zero-order valence-corrected chi connectivity index (χ0v) is 25.7. The average molecular weight is 611 g/mol. The molecule has 8 nitrogen and oxygen atoms in total. The highest BCUT2D eigenvalue weighted by Crippen LogP contribution is 2.40. The average Bonchev–Trinajstić information content (AvgIpc) is 3.45. The number of nitrogens with zero attached hydrogens (tertiary/aromatic N) is 5. The number of piperazine rings is 1. The highest BCUT2D eigenvalue weighted by atomic mass is 19.1. The maximum absolute atomic E-state index is 15.1. The van der Waals surface area contributed by atoms with E-state index in [0.29, 0.717) is 56.0 Å². The number of rotatable bonds is 5. The molecule has 1 aromatic carbocycles. The summed E-state index contributed by atoms with van der Waals surface area (Å²) in [6.07, 6.45) is 6.19. The maximum Gasteiger partial charge on any atom is 0.320 e. The van der Waals surface area contributed by atoms with Crippen LogP contribution in [0.2, 0.25) is 0 Å². The molecule has 2 saturated heterocycles. The molecule has 6 rings (SSSR count). The van der Waals surface area contributed by atoms with E-state index in [2.05, 4.69) is 29.0 Å². The highest BCUT2D eigenvalue weighted by molar-refractivity contribution is 5.75. The van der Waals surface area contributed by atoms with E-state index in [1.807, 2.05) is 11.8 Å². The van der Waals surface area contributed by atoms with Crippen LogP contribution in [0.1, 0.15) is 75.2 Å². The lowest BCUT2D eigenvalue weighted by molar-refractivity contribution is -0.00275. The molecule has 4 heterocycles. The number of carbonyl (C=O) groups is 1. The predicted molar refractivity (Wildman–Crippen MR) is 162 cm³/mol. The monoisotopic (exact) mass is 610 g/mol. The normalized spacial score (nSPS) is 22.4. The van der Waals surface area contributed by atoms with E-state index in [9.17, 15) is 18.4 Å². The van der Waals surface area contributed by atoms with Gasteiger partial charge in [0.1, 0.15) is 23.1 Å². The highest BCUT2D eigenvalue weighted by Gasteiger charge is 2.47. The van der Waals surface area contributed by atoms with Crippen LogP contribution in [0.15, 0.2) is 41.3 Å². The van der Waals surface area contributed by atoms with E-state index in [-0.39, 0.29) is 34.8 Å². The molecule has 1 spiro atoms. The molecule has 0 unspecified atom stereocenters. The number of amides is 2. The quantitative estimate of drug-likeness (QED) is 0.432. The van der Waals surface area contributed by atoms with Crippen LogP contribution in [0.5, 0.6) is 0 Å². The summed E-state index contributed by atoms with van der Waals surface area (Å²) >= 11 is 0. The number of likely N-dealkylation sites (tertiary alicyclic amines) is 1. The van der Waals surface area contributed by atoms with Gasteiger partial charge in [0.25, 0.3) is 5.56 Å². The van der Waals surface area contributed by atoms with Crippen molar-refractivity contribution in [2.75, 3.05) is 26.2 Å². The van der Waals surface area contributed by atoms with E-state index in [1.165, 1.54) is 28.8 Å². The van der Waals surface area contributed by atoms with Gasteiger partial charge in [0, 0.05) is 67.8 Å². The van der Waals surface area contributed by atoms with E-state index < -0.39 is 23.5 Å². The van der Waals surface area contributed by atoms with Crippen molar-refractivity contribution in [1.82, 2.24) is 29.4 Å². The van der Waals surface area contributed by atoms with Gasteiger partial charge in [-0.2, -0.15) is 0 Å². The third kappa shape index (κ3) is 5.83. The van der Waals surface area contributed by atoms with Gasteiger partial charge in [-0.3, -0.25) is 14.1 Å². The van der Waals surface area contributed by atoms with Crippen molar-refractivity contribution in [3.8, 4) is 0 Å². The Kier molecular flexibility index (Phi) is 8.45. The summed E-state index contributed by atoms with van der Waals surface area (Å²) in [7, 11) is 0. The Hall–Kier alpha value is -3.44. The standard InChI is InChI=1S/C33H41F3N6O2/c1-21(2)37-25-10-13-41(29(17-25)26-16-23(34)6-8-28(26)36)32(44)39-14-15-40(33(20-39)11-4-5-12-33)19-27-22(3)38-30-9-7-24(35)18-42(30)31(27)43/h6-9,16,18,21,25,29,37H,4-5,10-15,17,19-20H2,1-3H3/t25-,29+/m1/s1. The molecule has 3 aromatic rings. The molecule has 2 aromatic heterocycles. The Morgan fingerprint density at radius 3 is 2.57 bits per heavy atom. The minimum absolute atomic E-state index is 0.0798. The minimum atomic E-state index is -0.590. The van der Waals surface area contributed by atoms with Gasteiger partial charge >= 0.3 is 6.03 Å². The largest absolute Gasteiger partial charge is 0.321 e. The molecule has 0 radical (unpaired) electrons. The van der Waals surface area contributed by atoms with Crippen LogP contribution < -0.4 is 10.9 Å². The lowest BCUT2D eigenvalue weighted by atomic mass is 9.89. The molecule has 11 heteroatoms. The maximum atomic E-state index is 15.1. The zero-order valence-electron chi connectivity index (χ0n) is 25.7. The number of nitrogens with one attached hydrogen (secondary N) is 1. The number of fused-ring (bicyclic) bond motifs is 1. The number of piperidine rings is 1. The molecule has 3 fully saturated rings. The van der Waals surface area contributed by atoms with Crippen LogP contribution in [-0.2, 0) is 6.54 Å². The van der Waals surface area contributed by atoms with E-state index in [1.54, 1.807) is 4.90 Å². The van der Waals surface area contributed by atoms with Gasteiger partial charge in [-0.1, -0.05) is 26.7 Å². The van der Waals surface area contributed by atoms with Crippen molar-refractivity contribution in [3.05, 3.63) is 81.2 Å². The van der Waals surface area contributed by atoms with Crippen LogP contribution in [0, 0.1) is 24.4 Å². The second kappa shape index (κ2) is 12.2. The summed E-state index contributed by atoms with van der Waals surface area (Å²) < 4.78 is 44.7. The lowest BCUT2D eigenvalue weighted by Gasteiger charge is -2.51. The first-order valence-electron chi connectivity index (χ1n) is 15.7. The number of aromatic nitrogens is 2. The minimum Gasteiger partial charge on any atom is -0.321 e. The number of hydrogen-bond acceptors (Lipinski definition) is 5. The Labute approximate surface area is 255 Å². The third-order valence-corrected chi connectivity index (χ3v) is 9.77. The van der Waals surface area contributed by atoms with Crippen molar-refractivity contribution in [2.24, 2.45) is 0 Å². The van der Waals surface area contributed by atoms with Crippen molar-refractivity contribution < 1.29 is 18.0 Å². The number of aryl methyl sites for hydroxylation is 1.